The highest BCUT2D eigenvalue weighted by atomic mass is 32.2. The van der Waals surface area contributed by atoms with E-state index in [9.17, 15) is 8.42 Å². The van der Waals surface area contributed by atoms with Gasteiger partial charge >= 0.3 is 0 Å². The predicted molar refractivity (Wildman–Crippen MR) is 92.7 cm³/mol. The zero-order valence-electron chi connectivity index (χ0n) is 14.5. The highest BCUT2D eigenvalue weighted by molar-refractivity contribution is 7.89. The predicted octanol–water partition coefficient (Wildman–Crippen LogP) is 1.36. The minimum absolute atomic E-state index is 0.0764. The Balaban J connectivity index is 2.66. The van der Waals surface area contributed by atoms with Gasteiger partial charge < -0.3 is 10.2 Å². The Hall–Kier alpha value is -0.820. The van der Waals surface area contributed by atoms with Gasteiger partial charge in [0.25, 0.3) is 0 Å². The number of sulfonamides is 1. The SMILES string of the molecule is CCNC(=NCCS(=O)(=O)N(CC)CC)N1CCCC(C)C1. The van der Waals surface area contributed by atoms with Crippen molar-refractivity contribution in [2.75, 3.05) is 45.0 Å². The molecule has 0 bridgehead atoms. The van der Waals surface area contributed by atoms with Crippen LogP contribution in [0.5, 0.6) is 0 Å². The number of hydrogen-bond donors (Lipinski definition) is 1. The molecule has 1 unspecified atom stereocenters. The van der Waals surface area contributed by atoms with Crippen LogP contribution in [0.3, 0.4) is 0 Å². The summed E-state index contributed by atoms with van der Waals surface area (Å²) in [5.74, 6) is 1.59. The average molecular weight is 333 g/mol. The maximum absolute atomic E-state index is 12.2. The summed E-state index contributed by atoms with van der Waals surface area (Å²) in [4.78, 5) is 6.79. The average Bonchev–Trinajstić information content (AvgIpc) is 2.47. The number of nitrogens with zero attached hydrogens (tertiary/aromatic N) is 3. The normalized spacial score (nSPS) is 20.5. The fourth-order valence-corrected chi connectivity index (χ4v) is 4.19. The lowest BCUT2D eigenvalue weighted by atomic mass is 10.0. The van der Waals surface area contributed by atoms with Crippen LogP contribution in [0.15, 0.2) is 4.99 Å². The Morgan fingerprint density at radius 1 is 1.32 bits per heavy atom. The molecular weight excluding hydrogens is 300 g/mol. The van der Waals surface area contributed by atoms with Crippen LogP contribution in [0.4, 0.5) is 0 Å². The van der Waals surface area contributed by atoms with Gasteiger partial charge in [0.2, 0.25) is 10.0 Å². The molecule has 1 heterocycles. The van der Waals surface area contributed by atoms with Crippen LogP contribution >= 0.6 is 0 Å². The van der Waals surface area contributed by atoms with Crippen molar-refractivity contribution < 1.29 is 8.42 Å². The first-order chi connectivity index (χ1) is 10.4. The molecule has 0 aliphatic carbocycles. The number of nitrogens with one attached hydrogen (secondary N) is 1. The molecule has 7 heteroatoms. The third-order valence-electron chi connectivity index (χ3n) is 4.00. The summed E-state index contributed by atoms with van der Waals surface area (Å²) in [5, 5.41) is 3.28. The molecule has 0 amide bonds. The quantitative estimate of drug-likeness (QED) is 0.565. The summed E-state index contributed by atoms with van der Waals surface area (Å²) in [6.45, 7) is 12.2. The van der Waals surface area contributed by atoms with Gasteiger partial charge in [0, 0.05) is 32.7 Å². The summed E-state index contributed by atoms with van der Waals surface area (Å²) in [6, 6.07) is 0. The van der Waals surface area contributed by atoms with Crippen LogP contribution in [-0.2, 0) is 10.0 Å². The number of rotatable bonds is 7. The number of guanidine groups is 1. The van der Waals surface area contributed by atoms with Gasteiger partial charge in [-0.1, -0.05) is 20.8 Å². The lowest BCUT2D eigenvalue weighted by Crippen LogP contribution is -2.46. The van der Waals surface area contributed by atoms with Crippen LogP contribution < -0.4 is 5.32 Å². The minimum Gasteiger partial charge on any atom is -0.357 e. The molecule has 0 spiro atoms. The monoisotopic (exact) mass is 332 g/mol. The van der Waals surface area contributed by atoms with Gasteiger partial charge in [0.15, 0.2) is 5.96 Å². The molecule has 1 N–H and O–H groups in total. The van der Waals surface area contributed by atoms with E-state index in [2.05, 4.69) is 22.1 Å². The fourth-order valence-electron chi connectivity index (χ4n) is 2.82. The topological polar surface area (TPSA) is 65.0 Å². The maximum Gasteiger partial charge on any atom is 0.215 e. The van der Waals surface area contributed by atoms with Crippen molar-refractivity contribution in [3.05, 3.63) is 0 Å². The number of likely N-dealkylation sites (tertiary alicyclic amines) is 1. The Kier molecular flexibility index (Phi) is 8.17. The highest BCUT2D eigenvalue weighted by Gasteiger charge is 2.21. The van der Waals surface area contributed by atoms with Gasteiger partial charge in [-0.05, 0) is 25.7 Å². The number of hydrogen-bond acceptors (Lipinski definition) is 3. The molecule has 6 nitrogen and oxygen atoms in total. The second-order valence-corrected chi connectivity index (χ2v) is 7.92. The van der Waals surface area contributed by atoms with Crippen molar-refractivity contribution in [2.24, 2.45) is 10.9 Å². The Labute approximate surface area is 136 Å². The molecule has 1 fully saturated rings. The smallest absolute Gasteiger partial charge is 0.215 e. The summed E-state index contributed by atoms with van der Waals surface area (Å²) in [7, 11) is -3.19. The molecule has 0 aromatic carbocycles. The van der Waals surface area contributed by atoms with Crippen molar-refractivity contribution >= 4 is 16.0 Å². The lowest BCUT2D eigenvalue weighted by Gasteiger charge is -2.33. The van der Waals surface area contributed by atoms with Crippen LogP contribution in [-0.4, -0.2) is 68.6 Å². The molecular formula is C15H32N4O2S. The fraction of sp³-hybridized carbons (Fsp3) is 0.933. The lowest BCUT2D eigenvalue weighted by molar-refractivity contribution is 0.266. The molecule has 0 aromatic rings. The van der Waals surface area contributed by atoms with Crippen molar-refractivity contribution in [1.82, 2.24) is 14.5 Å². The Morgan fingerprint density at radius 2 is 2.00 bits per heavy atom. The van der Waals surface area contributed by atoms with Gasteiger partial charge in [0.1, 0.15) is 0 Å². The van der Waals surface area contributed by atoms with Crippen molar-refractivity contribution in [1.29, 1.82) is 0 Å². The number of piperidine rings is 1. The first-order valence-corrected chi connectivity index (χ1v) is 10.1. The zero-order chi connectivity index (χ0) is 16.6. The van der Waals surface area contributed by atoms with E-state index >= 15 is 0 Å². The van der Waals surface area contributed by atoms with E-state index in [-0.39, 0.29) is 5.75 Å². The van der Waals surface area contributed by atoms with E-state index < -0.39 is 10.0 Å². The molecule has 0 radical (unpaired) electrons. The van der Waals surface area contributed by atoms with E-state index in [0.717, 1.165) is 25.6 Å². The van der Waals surface area contributed by atoms with E-state index in [4.69, 9.17) is 0 Å². The van der Waals surface area contributed by atoms with Gasteiger partial charge in [0.05, 0.1) is 12.3 Å². The van der Waals surface area contributed by atoms with Crippen molar-refractivity contribution in [3.8, 4) is 0 Å². The van der Waals surface area contributed by atoms with E-state index in [1.807, 2.05) is 20.8 Å². The van der Waals surface area contributed by atoms with E-state index in [1.54, 1.807) is 0 Å². The molecule has 1 atom stereocenters. The second kappa shape index (κ2) is 9.35. The molecule has 0 aromatic heterocycles. The first kappa shape index (κ1) is 19.2. The Bertz CT molecular complexity index is 446. The Morgan fingerprint density at radius 3 is 2.55 bits per heavy atom. The van der Waals surface area contributed by atoms with Gasteiger partial charge in [-0.3, -0.25) is 4.99 Å². The van der Waals surface area contributed by atoms with Crippen LogP contribution in [0.1, 0.15) is 40.5 Å². The van der Waals surface area contributed by atoms with Crippen molar-refractivity contribution in [3.63, 3.8) is 0 Å². The first-order valence-electron chi connectivity index (χ1n) is 8.45. The molecule has 1 saturated heterocycles. The maximum atomic E-state index is 12.2. The van der Waals surface area contributed by atoms with E-state index in [0.29, 0.717) is 25.6 Å². The third-order valence-corrected chi connectivity index (χ3v) is 6.00. The third kappa shape index (κ3) is 5.76. The standard InChI is InChI=1S/C15H32N4O2S/c1-5-16-15(18-11-8-9-14(4)13-18)17-10-12-22(20,21)19(6-2)7-3/h14H,5-13H2,1-4H3,(H,16,17). The molecule has 22 heavy (non-hydrogen) atoms. The summed E-state index contributed by atoms with van der Waals surface area (Å²) < 4.78 is 25.9. The van der Waals surface area contributed by atoms with E-state index in [1.165, 1.54) is 17.1 Å². The molecule has 130 valence electrons. The van der Waals surface area contributed by atoms with Gasteiger partial charge in [-0.2, -0.15) is 0 Å². The van der Waals surface area contributed by atoms with Crippen molar-refractivity contribution in [2.45, 2.75) is 40.5 Å². The second-order valence-electron chi connectivity index (χ2n) is 5.83. The molecule has 1 rings (SSSR count). The van der Waals surface area contributed by atoms with Gasteiger partial charge in [-0.15, -0.1) is 0 Å². The largest absolute Gasteiger partial charge is 0.357 e. The highest BCUT2D eigenvalue weighted by Crippen LogP contribution is 2.15. The molecule has 1 aliphatic heterocycles. The summed E-state index contributed by atoms with van der Waals surface area (Å²) >= 11 is 0. The number of aliphatic imine (C=N–C) groups is 1. The van der Waals surface area contributed by atoms with Crippen LogP contribution in [0.25, 0.3) is 0 Å². The molecule has 0 saturated carbocycles. The summed E-state index contributed by atoms with van der Waals surface area (Å²) in [5.41, 5.74) is 0. The zero-order valence-corrected chi connectivity index (χ0v) is 15.3. The molecule has 1 aliphatic rings. The minimum atomic E-state index is -3.19. The van der Waals surface area contributed by atoms with Crippen LogP contribution in [0.2, 0.25) is 0 Å². The van der Waals surface area contributed by atoms with Crippen LogP contribution in [0, 0.1) is 5.92 Å². The summed E-state index contributed by atoms with van der Waals surface area (Å²) in [6.07, 6.45) is 2.43. The van der Waals surface area contributed by atoms with Gasteiger partial charge in [-0.25, -0.2) is 12.7 Å².